The third-order valence-corrected chi connectivity index (χ3v) is 12.8. The van der Waals surface area contributed by atoms with Crippen LogP contribution in [-0.4, -0.2) is 3.21 Å². The van der Waals surface area contributed by atoms with Gasteiger partial charge in [-0.3, -0.25) is 0 Å². The SMILES string of the molecule is CCC1=C(c2c(C(C)(C)C)ccc3c2[CH]([Zr]=[C]2CCCCC2)c2cc(C(C)(C)C)ccc2-3)CC=C1. The molecule has 1 atom stereocenters. The van der Waals surface area contributed by atoms with Crippen molar-refractivity contribution in [3.8, 4) is 11.1 Å². The van der Waals surface area contributed by atoms with Crippen LogP contribution in [0.15, 0.2) is 48.1 Å². The molecular formula is C34H43Zr. The summed E-state index contributed by atoms with van der Waals surface area (Å²) in [6, 6.07) is 12.5. The maximum absolute atomic E-state index is 2.62. The van der Waals surface area contributed by atoms with Crippen LogP contribution < -0.4 is 0 Å². The molecule has 5 rings (SSSR count). The predicted octanol–water partition coefficient (Wildman–Crippen LogP) is 9.69. The zero-order chi connectivity index (χ0) is 25.0. The Labute approximate surface area is 225 Å². The van der Waals surface area contributed by atoms with Gasteiger partial charge in [0.25, 0.3) is 0 Å². The molecule has 0 radical (unpaired) electrons. The van der Waals surface area contributed by atoms with Crippen molar-refractivity contribution < 1.29 is 22.8 Å². The van der Waals surface area contributed by atoms with Gasteiger partial charge < -0.3 is 0 Å². The Balaban J connectivity index is 1.81. The van der Waals surface area contributed by atoms with E-state index >= 15 is 0 Å². The number of hydrogen-bond donors (Lipinski definition) is 0. The molecule has 0 bridgehead atoms. The van der Waals surface area contributed by atoms with Gasteiger partial charge in [0.15, 0.2) is 0 Å². The first kappa shape index (κ1) is 25.3. The molecule has 0 spiro atoms. The van der Waals surface area contributed by atoms with Crippen LogP contribution in [0, 0.1) is 0 Å². The summed E-state index contributed by atoms with van der Waals surface area (Å²) in [7, 11) is 0. The van der Waals surface area contributed by atoms with Crippen molar-refractivity contribution >= 4 is 8.78 Å². The van der Waals surface area contributed by atoms with Gasteiger partial charge in [-0.2, -0.15) is 0 Å². The van der Waals surface area contributed by atoms with E-state index in [-0.39, 0.29) is 10.8 Å². The molecule has 183 valence electrons. The number of allylic oxidation sites excluding steroid dienone is 4. The average Bonchev–Trinajstić information content (AvgIpc) is 3.41. The Morgan fingerprint density at radius 2 is 1.57 bits per heavy atom. The molecule has 0 aliphatic heterocycles. The fraction of sp³-hybridized carbons (Fsp3) is 0.500. The summed E-state index contributed by atoms with van der Waals surface area (Å²) in [4.78, 5) is 0. The molecule has 1 fully saturated rings. The molecule has 3 aliphatic carbocycles. The van der Waals surface area contributed by atoms with Crippen molar-refractivity contribution in [3.63, 3.8) is 0 Å². The van der Waals surface area contributed by atoms with Crippen molar-refractivity contribution in [2.24, 2.45) is 0 Å². The summed E-state index contributed by atoms with van der Waals surface area (Å²) in [6.07, 6.45) is 14.1. The van der Waals surface area contributed by atoms with Crippen LogP contribution in [0.2, 0.25) is 0 Å². The van der Waals surface area contributed by atoms with E-state index in [1.54, 1.807) is 39.0 Å². The first-order valence-corrected chi connectivity index (χ1v) is 16.6. The minimum absolute atomic E-state index is 0.137. The standard InChI is InChI=1S/C28H33.C6H10.Zr/c1-8-18-10-9-11-22(18)26-24-17-19-16-20(27(2,3)4)12-13-21(19)23(24)14-15-25(26)28(5,6)7;1-2-4-6-5-3-1;/h9-10,12-17H,8,11H2,1-7H3;1-5H2;. The van der Waals surface area contributed by atoms with Crippen LogP contribution in [0.1, 0.15) is 125 Å². The Hall–Kier alpha value is -1.33. The minimum atomic E-state index is -0.757. The van der Waals surface area contributed by atoms with Gasteiger partial charge in [-0.1, -0.05) is 0 Å². The molecule has 0 aromatic heterocycles. The third-order valence-electron chi connectivity index (χ3n) is 8.38. The molecule has 0 nitrogen and oxygen atoms in total. The second-order valence-corrected chi connectivity index (χ2v) is 16.8. The molecule has 0 heterocycles. The fourth-order valence-electron chi connectivity index (χ4n) is 6.39. The summed E-state index contributed by atoms with van der Waals surface area (Å²) in [6.45, 7) is 16.7. The van der Waals surface area contributed by atoms with Crippen LogP contribution >= 0.6 is 0 Å². The molecule has 1 unspecified atom stereocenters. The Kier molecular flexibility index (Phi) is 6.89. The van der Waals surface area contributed by atoms with E-state index in [1.165, 1.54) is 43.2 Å². The van der Waals surface area contributed by atoms with Gasteiger partial charge in [-0.05, 0) is 0 Å². The molecule has 3 aliphatic rings. The van der Waals surface area contributed by atoms with Gasteiger partial charge in [0.1, 0.15) is 0 Å². The van der Waals surface area contributed by atoms with Crippen LogP contribution in [0.5, 0.6) is 0 Å². The van der Waals surface area contributed by atoms with Crippen LogP contribution in [0.3, 0.4) is 0 Å². The first-order valence-electron chi connectivity index (χ1n) is 13.9. The molecule has 1 saturated carbocycles. The monoisotopic (exact) mass is 541 g/mol. The molecule has 0 N–H and O–H groups in total. The molecule has 1 heteroatoms. The van der Waals surface area contributed by atoms with Gasteiger partial charge in [-0.25, -0.2) is 0 Å². The second-order valence-electron chi connectivity index (χ2n) is 13.0. The Bertz CT molecular complexity index is 1230. The molecule has 2 aromatic carbocycles. The summed E-state index contributed by atoms with van der Waals surface area (Å²) < 4.78 is 2.63. The van der Waals surface area contributed by atoms with Gasteiger partial charge in [0.2, 0.25) is 0 Å². The molecular weight excluding hydrogens is 500 g/mol. The van der Waals surface area contributed by atoms with Gasteiger partial charge >= 0.3 is 226 Å². The number of benzene rings is 2. The van der Waals surface area contributed by atoms with Gasteiger partial charge in [0.05, 0.1) is 0 Å². The van der Waals surface area contributed by atoms with E-state index in [1.807, 2.05) is 3.21 Å². The number of fused-ring (bicyclic) bond motifs is 3. The van der Waals surface area contributed by atoms with Crippen LogP contribution in [-0.2, 0) is 33.6 Å². The Morgan fingerprint density at radius 3 is 2.23 bits per heavy atom. The van der Waals surface area contributed by atoms with Crippen molar-refractivity contribution in [1.29, 1.82) is 0 Å². The normalized spacial score (nSPS) is 19.7. The van der Waals surface area contributed by atoms with Crippen molar-refractivity contribution in [3.05, 3.63) is 75.9 Å². The summed E-state index contributed by atoms with van der Waals surface area (Å²) in [5.74, 6) is 0. The fourth-order valence-corrected chi connectivity index (χ4v) is 11.0. The summed E-state index contributed by atoms with van der Waals surface area (Å²) in [5, 5.41) is 0. The van der Waals surface area contributed by atoms with Crippen molar-refractivity contribution in [1.82, 2.24) is 0 Å². The zero-order valence-corrected chi connectivity index (χ0v) is 25.5. The summed E-state index contributed by atoms with van der Waals surface area (Å²) >= 11 is -0.757. The zero-order valence-electron chi connectivity index (χ0n) is 23.1. The Morgan fingerprint density at radius 1 is 0.857 bits per heavy atom. The van der Waals surface area contributed by atoms with Gasteiger partial charge in [-0.15, -0.1) is 0 Å². The average molecular weight is 543 g/mol. The van der Waals surface area contributed by atoms with Crippen molar-refractivity contribution in [2.45, 2.75) is 108 Å². The maximum atomic E-state index is 2.62. The third kappa shape index (κ3) is 4.72. The molecule has 0 amide bonds. The van der Waals surface area contributed by atoms with Crippen molar-refractivity contribution in [2.75, 3.05) is 0 Å². The van der Waals surface area contributed by atoms with E-state index in [2.05, 4.69) is 91.0 Å². The molecule has 0 saturated heterocycles. The van der Waals surface area contributed by atoms with E-state index in [0.717, 1.165) is 12.8 Å². The predicted molar refractivity (Wildman–Crippen MR) is 150 cm³/mol. The summed E-state index contributed by atoms with van der Waals surface area (Å²) in [5.41, 5.74) is 14.6. The van der Waals surface area contributed by atoms with Crippen LogP contribution in [0.4, 0.5) is 0 Å². The molecule has 35 heavy (non-hydrogen) atoms. The van der Waals surface area contributed by atoms with E-state index in [4.69, 9.17) is 0 Å². The van der Waals surface area contributed by atoms with E-state index < -0.39 is 22.8 Å². The first-order chi connectivity index (χ1) is 16.6. The van der Waals surface area contributed by atoms with E-state index in [9.17, 15) is 0 Å². The number of hydrogen-bond acceptors (Lipinski definition) is 0. The number of rotatable bonds is 3. The second kappa shape index (κ2) is 9.52. The van der Waals surface area contributed by atoms with Crippen LogP contribution in [0.25, 0.3) is 16.7 Å². The topological polar surface area (TPSA) is 0 Å². The quantitative estimate of drug-likeness (QED) is 0.362. The molecule has 2 aromatic rings. The van der Waals surface area contributed by atoms with E-state index in [0.29, 0.717) is 3.63 Å². The van der Waals surface area contributed by atoms with Gasteiger partial charge in [0, 0.05) is 0 Å².